The third kappa shape index (κ3) is 4.75. The lowest BCUT2D eigenvalue weighted by atomic mass is 10.0. The minimum absolute atomic E-state index is 0.0329. The summed E-state index contributed by atoms with van der Waals surface area (Å²) < 4.78 is 27.5. The van der Waals surface area contributed by atoms with Crippen molar-refractivity contribution >= 4 is 27.5 Å². The second-order valence-corrected chi connectivity index (χ2v) is 8.11. The van der Waals surface area contributed by atoms with Gasteiger partial charge in [0, 0.05) is 17.8 Å². The van der Waals surface area contributed by atoms with Crippen LogP contribution in [0.15, 0.2) is 64.5 Å². The number of benzene rings is 2. The van der Waals surface area contributed by atoms with Gasteiger partial charge in [-0.1, -0.05) is 30.3 Å². The Bertz CT molecular complexity index is 959. The Morgan fingerprint density at radius 3 is 2.43 bits per heavy atom. The smallest absolute Gasteiger partial charge is 0.240 e. The zero-order chi connectivity index (χ0) is 20.1. The quantitative estimate of drug-likeness (QED) is 0.512. The van der Waals surface area contributed by atoms with Crippen molar-refractivity contribution in [2.24, 2.45) is 4.99 Å². The van der Waals surface area contributed by atoms with Crippen molar-refractivity contribution in [3.63, 3.8) is 0 Å². The van der Waals surface area contributed by atoms with Crippen LogP contribution in [-0.4, -0.2) is 50.5 Å². The highest BCUT2D eigenvalue weighted by Crippen LogP contribution is 2.16. The van der Waals surface area contributed by atoms with Gasteiger partial charge in [-0.2, -0.15) is 0 Å². The van der Waals surface area contributed by atoms with Gasteiger partial charge in [0.25, 0.3) is 0 Å². The number of hydrogen-bond acceptors (Lipinski definition) is 7. The van der Waals surface area contributed by atoms with Gasteiger partial charge in [-0.25, -0.2) is 13.1 Å². The summed E-state index contributed by atoms with van der Waals surface area (Å²) in [5.74, 6) is 0.102. The van der Waals surface area contributed by atoms with E-state index in [-0.39, 0.29) is 4.90 Å². The summed E-state index contributed by atoms with van der Waals surface area (Å²) in [4.78, 5) is 16.5. The first kappa shape index (κ1) is 20.0. The van der Waals surface area contributed by atoms with E-state index in [1.54, 1.807) is 42.5 Å². The molecular formula is C19H22N4O4S. The highest BCUT2D eigenvalue weighted by atomic mass is 32.2. The molecule has 2 aromatic carbocycles. The molecule has 9 heteroatoms. The number of aliphatic hydroxyl groups is 1. The van der Waals surface area contributed by atoms with Gasteiger partial charge >= 0.3 is 0 Å². The lowest BCUT2D eigenvalue weighted by Gasteiger charge is -2.19. The number of rotatable bonds is 7. The lowest BCUT2D eigenvalue weighted by Crippen LogP contribution is -2.44. The third-order valence-electron chi connectivity index (χ3n) is 4.24. The average molecular weight is 402 g/mol. The Balaban J connectivity index is 1.66. The molecule has 1 aliphatic rings. The van der Waals surface area contributed by atoms with E-state index in [0.717, 1.165) is 6.54 Å². The number of carbonyl (C=O) groups excluding carboxylic acids is 1. The Labute approximate surface area is 163 Å². The van der Waals surface area contributed by atoms with E-state index in [0.29, 0.717) is 23.8 Å². The van der Waals surface area contributed by atoms with Gasteiger partial charge in [-0.3, -0.25) is 9.79 Å². The van der Waals surface area contributed by atoms with E-state index in [2.05, 4.69) is 20.3 Å². The molecule has 2 atom stereocenters. The Hall–Kier alpha value is -2.75. The second kappa shape index (κ2) is 8.51. The molecule has 148 valence electrons. The molecule has 0 radical (unpaired) electrons. The van der Waals surface area contributed by atoms with Crippen LogP contribution in [0.1, 0.15) is 17.3 Å². The van der Waals surface area contributed by atoms with E-state index in [4.69, 9.17) is 0 Å². The number of sulfonamides is 1. The molecular weight excluding hydrogens is 380 g/mol. The van der Waals surface area contributed by atoms with Gasteiger partial charge in [-0.15, -0.1) is 0 Å². The molecule has 0 amide bonds. The van der Waals surface area contributed by atoms with Crippen molar-refractivity contribution in [1.29, 1.82) is 0 Å². The van der Waals surface area contributed by atoms with Gasteiger partial charge in [0.1, 0.15) is 6.10 Å². The molecule has 0 aliphatic carbocycles. The first-order chi connectivity index (χ1) is 13.4. The minimum atomic E-state index is -3.90. The summed E-state index contributed by atoms with van der Waals surface area (Å²) in [6.07, 6.45) is -1.50. The topological polar surface area (TPSA) is 120 Å². The van der Waals surface area contributed by atoms with E-state index in [1.807, 2.05) is 0 Å². The monoisotopic (exact) mass is 402 g/mol. The zero-order valence-corrected chi connectivity index (χ0v) is 16.1. The van der Waals surface area contributed by atoms with E-state index < -0.39 is 28.0 Å². The number of guanidine groups is 1. The van der Waals surface area contributed by atoms with Crippen molar-refractivity contribution in [2.75, 3.05) is 18.4 Å². The average Bonchev–Trinajstić information content (AvgIpc) is 3.20. The van der Waals surface area contributed by atoms with E-state index >= 15 is 0 Å². The van der Waals surface area contributed by atoms with Crippen LogP contribution in [0.5, 0.6) is 0 Å². The summed E-state index contributed by atoms with van der Waals surface area (Å²) in [6.45, 7) is 2.91. The number of aliphatic imine (C=N–C) groups is 1. The van der Waals surface area contributed by atoms with Crippen LogP contribution in [0.2, 0.25) is 0 Å². The molecule has 2 aromatic rings. The molecule has 0 fully saturated rings. The van der Waals surface area contributed by atoms with Crippen LogP contribution in [0, 0.1) is 0 Å². The molecule has 1 aliphatic heterocycles. The van der Waals surface area contributed by atoms with Crippen molar-refractivity contribution in [1.82, 2.24) is 10.0 Å². The van der Waals surface area contributed by atoms with Crippen LogP contribution in [0.4, 0.5) is 5.69 Å². The van der Waals surface area contributed by atoms with Crippen LogP contribution in [-0.2, 0) is 10.0 Å². The summed E-state index contributed by atoms with van der Waals surface area (Å²) in [5, 5.41) is 16.4. The summed E-state index contributed by atoms with van der Waals surface area (Å²) in [5.41, 5.74) is 1.01. The summed E-state index contributed by atoms with van der Waals surface area (Å²) >= 11 is 0. The van der Waals surface area contributed by atoms with Gasteiger partial charge in [-0.05, 0) is 31.2 Å². The van der Waals surface area contributed by atoms with Gasteiger partial charge in [0.15, 0.2) is 11.7 Å². The molecule has 4 N–H and O–H groups in total. The lowest BCUT2D eigenvalue weighted by molar-refractivity contribution is 0.0695. The molecule has 0 bridgehead atoms. The first-order valence-electron chi connectivity index (χ1n) is 8.82. The number of Topliss-reactive ketones (excluding diaryl/α,β-unsaturated/α-hetero) is 1. The number of anilines is 1. The number of aliphatic hydroxyl groups excluding tert-OH is 1. The van der Waals surface area contributed by atoms with Crippen molar-refractivity contribution in [2.45, 2.75) is 24.0 Å². The van der Waals surface area contributed by atoms with Crippen LogP contribution >= 0.6 is 0 Å². The maximum atomic E-state index is 12.6. The summed E-state index contributed by atoms with van der Waals surface area (Å²) in [6, 6.07) is 13.4. The minimum Gasteiger partial charge on any atom is -0.383 e. The largest absolute Gasteiger partial charge is 0.383 e. The summed E-state index contributed by atoms with van der Waals surface area (Å²) in [7, 11) is -3.90. The number of hydrogen-bond donors (Lipinski definition) is 4. The Kier molecular flexibility index (Phi) is 6.08. The zero-order valence-electron chi connectivity index (χ0n) is 15.3. The van der Waals surface area contributed by atoms with E-state index in [9.17, 15) is 18.3 Å². The van der Waals surface area contributed by atoms with Crippen LogP contribution in [0.25, 0.3) is 0 Å². The number of nitrogens with zero attached hydrogens (tertiary/aromatic N) is 1. The fourth-order valence-electron chi connectivity index (χ4n) is 2.71. The third-order valence-corrected chi connectivity index (χ3v) is 5.82. The first-order valence-corrected chi connectivity index (χ1v) is 10.3. The highest BCUT2D eigenvalue weighted by molar-refractivity contribution is 7.89. The highest BCUT2D eigenvalue weighted by Gasteiger charge is 2.28. The molecule has 0 saturated heterocycles. The molecule has 3 rings (SSSR count). The predicted molar refractivity (Wildman–Crippen MR) is 107 cm³/mol. The fraction of sp³-hybridized carbons (Fsp3) is 0.263. The van der Waals surface area contributed by atoms with Gasteiger partial charge in [0.2, 0.25) is 10.0 Å². The molecule has 0 spiro atoms. The molecule has 0 aromatic heterocycles. The standard InChI is InChI=1S/C19H22N4O4S/c1-13(17(24)18(25)14-5-3-2-4-6-14)23-28(26,27)16-9-7-15(8-10-16)22-19-20-11-12-21-19/h2-10,13,17,23-24H,11-12H2,1H3,(H2,20,21,22)/t13-,17?/m0/s1. The molecule has 1 unspecified atom stereocenters. The molecule has 1 heterocycles. The fourth-order valence-corrected chi connectivity index (χ4v) is 3.96. The van der Waals surface area contributed by atoms with Crippen LogP contribution in [0.3, 0.4) is 0 Å². The second-order valence-electron chi connectivity index (χ2n) is 6.39. The van der Waals surface area contributed by atoms with Crippen LogP contribution < -0.4 is 15.4 Å². The van der Waals surface area contributed by atoms with Crippen molar-refractivity contribution in [3.05, 3.63) is 60.2 Å². The predicted octanol–water partition coefficient (Wildman–Crippen LogP) is 0.968. The number of nitrogens with one attached hydrogen (secondary N) is 3. The Morgan fingerprint density at radius 2 is 1.82 bits per heavy atom. The number of ketones is 1. The molecule has 0 saturated carbocycles. The van der Waals surface area contributed by atoms with Gasteiger partial charge < -0.3 is 15.7 Å². The maximum Gasteiger partial charge on any atom is 0.240 e. The van der Waals surface area contributed by atoms with Crippen molar-refractivity contribution in [3.8, 4) is 0 Å². The molecule has 28 heavy (non-hydrogen) atoms. The maximum absolute atomic E-state index is 12.6. The number of carbonyl (C=O) groups is 1. The van der Waals surface area contributed by atoms with E-state index in [1.165, 1.54) is 19.1 Å². The van der Waals surface area contributed by atoms with Gasteiger partial charge in [0.05, 0.1) is 17.5 Å². The van der Waals surface area contributed by atoms with Crippen molar-refractivity contribution < 1.29 is 18.3 Å². The molecule has 8 nitrogen and oxygen atoms in total. The Morgan fingerprint density at radius 1 is 1.14 bits per heavy atom. The normalized spacial score (nSPS) is 16.0. The SMILES string of the molecule is C[C@H](NS(=O)(=O)c1ccc(NC2=NCCN2)cc1)C(O)C(=O)c1ccccc1.